The highest BCUT2D eigenvalue weighted by atomic mass is 35.5. The SMILES string of the molecule is C[S+]([O-])c1c(C(=N)NNC(=O)c2ccco2)nn(-c2c(Cl)cc(C(F)(F)F)cc2Cl)c1N. The Morgan fingerprint density at radius 1 is 1.31 bits per heavy atom. The van der Waals surface area contributed by atoms with Crippen LogP contribution in [0.1, 0.15) is 21.8 Å². The maximum Gasteiger partial charge on any atom is 0.416 e. The lowest BCUT2D eigenvalue weighted by atomic mass is 10.2. The number of alkyl halides is 3. The zero-order chi connectivity index (χ0) is 23.8. The van der Waals surface area contributed by atoms with Gasteiger partial charge in [-0.05, 0) is 35.4 Å². The van der Waals surface area contributed by atoms with Crippen LogP contribution in [0.2, 0.25) is 10.0 Å². The number of nitrogens with zero attached hydrogens (tertiary/aromatic N) is 2. The number of nitrogen functional groups attached to an aromatic ring is 1. The molecule has 5 N–H and O–H groups in total. The molecule has 32 heavy (non-hydrogen) atoms. The number of hydrogen-bond donors (Lipinski definition) is 4. The van der Waals surface area contributed by atoms with E-state index in [1.807, 2.05) is 0 Å². The van der Waals surface area contributed by atoms with Gasteiger partial charge in [0.15, 0.2) is 23.1 Å². The third-order valence-corrected chi connectivity index (χ3v) is 5.56. The van der Waals surface area contributed by atoms with E-state index in [1.165, 1.54) is 24.7 Å². The Morgan fingerprint density at radius 2 is 1.94 bits per heavy atom. The molecular formula is C17H13Cl2F3N6O3S. The monoisotopic (exact) mass is 508 g/mol. The molecule has 2 heterocycles. The summed E-state index contributed by atoms with van der Waals surface area (Å²) >= 11 is 10.2. The van der Waals surface area contributed by atoms with Gasteiger partial charge in [-0.3, -0.25) is 21.1 Å². The van der Waals surface area contributed by atoms with E-state index in [-0.39, 0.29) is 27.9 Å². The van der Waals surface area contributed by atoms with Crippen molar-refractivity contribution in [2.75, 3.05) is 12.0 Å². The van der Waals surface area contributed by atoms with Crippen LogP contribution in [-0.4, -0.2) is 32.3 Å². The molecule has 170 valence electrons. The first-order chi connectivity index (χ1) is 14.9. The van der Waals surface area contributed by atoms with Crippen molar-refractivity contribution >= 4 is 51.9 Å². The standard InChI is InChI=1S/C17H13Cl2F3N6O3S/c1-32(30)13-11(14(23)25-26-16(29)10-3-2-4-31-10)27-28(15(13)24)12-8(18)5-7(6-9(12)19)17(20,21)22/h2-6H,24H2,1H3,(H2,23,25)(H,26,29). The fourth-order valence-electron chi connectivity index (χ4n) is 2.61. The second-order valence-electron chi connectivity index (χ2n) is 6.15. The summed E-state index contributed by atoms with van der Waals surface area (Å²) in [5.41, 5.74) is 8.93. The Labute approximate surface area is 191 Å². The number of benzene rings is 1. The number of hydrogen-bond acceptors (Lipinski definition) is 6. The minimum Gasteiger partial charge on any atom is -0.611 e. The van der Waals surface area contributed by atoms with Crippen molar-refractivity contribution in [2.24, 2.45) is 0 Å². The van der Waals surface area contributed by atoms with E-state index in [0.29, 0.717) is 12.1 Å². The summed E-state index contributed by atoms with van der Waals surface area (Å²) in [7, 11) is 0. The lowest BCUT2D eigenvalue weighted by Gasteiger charge is -2.13. The number of halogens is 5. The highest BCUT2D eigenvalue weighted by molar-refractivity contribution is 7.91. The van der Waals surface area contributed by atoms with E-state index in [0.717, 1.165) is 4.68 Å². The van der Waals surface area contributed by atoms with Gasteiger partial charge in [0.2, 0.25) is 4.90 Å². The van der Waals surface area contributed by atoms with Crippen LogP contribution in [0.5, 0.6) is 0 Å². The predicted octanol–water partition coefficient (Wildman–Crippen LogP) is 3.37. The molecule has 1 atom stereocenters. The van der Waals surface area contributed by atoms with E-state index in [2.05, 4.69) is 16.0 Å². The summed E-state index contributed by atoms with van der Waals surface area (Å²) < 4.78 is 57.1. The molecule has 2 aromatic heterocycles. The molecular weight excluding hydrogens is 496 g/mol. The Morgan fingerprint density at radius 3 is 2.44 bits per heavy atom. The van der Waals surface area contributed by atoms with E-state index < -0.39 is 44.7 Å². The molecule has 0 bridgehead atoms. The van der Waals surface area contributed by atoms with Crippen molar-refractivity contribution in [3.05, 3.63) is 57.6 Å². The summed E-state index contributed by atoms with van der Waals surface area (Å²) in [4.78, 5) is 11.8. The van der Waals surface area contributed by atoms with Gasteiger partial charge in [0.25, 0.3) is 0 Å². The summed E-state index contributed by atoms with van der Waals surface area (Å²) in [6.07, 6.45) is -2.16. The molecule has 0 aliphatic heterocycles. The van der Waals surface area contributed by atoms with Gasteiger partial charge in [-0.25, -0.2) is 4.68 Å². The van der Waals surface area contributed by atoms with Crippen LogP contribution in [0.4, 0.5) is 19.0 Å². The molecule has 1 unspecified atom stereocenters. The van der Waals surface area contributed by atoms with Crippen molar-refractivity contribution < 1.29 is 26.9 Å². The molecule has 9 nitrogen and oxygen atoms in total. The first-order valence-corrected chi connectivity index (χ1v) is 10.7. The van der Waals surface area contributed by atoms with Gasteiger partial charge in [0.05, 0.1) is 21.9 Å². The van der Waals surface area contributed by atoms with Crippen LogP contribution in [0, 0.1) is 5.41 Å². The van der Waals surface area contributed by atoms with Gasteiger partial charge in [-0.2, -0.15) is 18.3 Å². The topological polar surface area (TPSA) is 145 Å². The third-order valence-electron chi connectivity index (χ3n) is 4.00. The van der Waals surface area contributed by atoms with Crippen molar-refractivity contribution in [1.82, 2.24) is 20.6 Å². The number of nitrogens with one attached hydrogen (secondary N) is 3. The normalized spacial score (nSPS) is 12.5. The second-order valence-corrected chi connectivity index (χ2v) is 8.28. The summed E-state index contributed by atoms with van der Waals surface area (Å²) in [6, 6.07) is 4.14. The molecule has 3 aromatic rings. The van der Waals surface area contributed by atoms with Crippen molar-refractivity contribution in [2.45, 2.75) is 11.1 Å². The molecule has 0 saturated heterocycles. The Bertz CT molecular complexity index is 1160. The Hall–Kier alpha value is -2.87. The predicted molar refractivity (Wildman–Crippen MR) is 111 cm³/mol. The molecule has 0 radical (unpaired) electrons. The summed E-state index contributed by atoms with van der Waals surface area (Å²) in [5, 5.41) is 11.3. The van der Waals surface area contributed by atoms with Gasteiger partial charge >= 0.3 is 12.1 Å². The van der Waals surface area contributed by atoms with Crippen molar-refractivity contribution in [3.8, 4) is 5.69 Å². The van der Waals surface area contributed by atoms with E-state index in [1.54, 1.807) is 0 Å². The minimum atomic E-state index is -4.69. The molecule has 0 aliphatic carbocycles. The fraction of sp³-hybridized carbons (Fsp3) is 0.118. The second kappa shape index (κ2) is 8.94. The quantitative estimate of drug-likeness (QED) is 0.184. The number of nitrogens with two attached hydrogens (primary N) is 1. The van der Waals surface area contributed by atoms with Crippen LogP contribution in [0.3, 0.4) is 0 Å². The van der Waals surface area contributed by atoms with Crippen LogP contribution in [0.15, 0.2) is 39.8 Å². The number of anilines is 1. The molecule has 1 amide bonds. The molecule has 3 rings (SSSR count). The molecule has 0 fully saturated rings. The Balaban J connectivity index is 1.99. The molecule has 0 aliphatic rings. The number of amidine groups is 1. The van der Waals surface area contributed by atoms with Crippen LogP contribution in [-0.2, 0) is 17.4 Å². The fourth-order valence-corrected chi connectivity index (χ4v) is 4.06. The van der Waals surface area contributed by atoms with Crippen LogP contribution >= 0.6 is 23.2 Å². The highest BCUT2D eigenvalue weighted by Gasteiger charge is 2.34. The van der Waals surface area contributed by atoms with E-state index in [4.69, 9.17) is 38.8 Å². The van der Waals surface area contributed by atoms with Crippen molar-refractivity contribution in [3.63, 3.8) is 0 Å². The van der Waals surface area contributed by atoms with Gasteiger partial charge in [-0.15, -0.1) is 0 Å². The average Bonchev–Trinajstić information content (AvgIpc) is 3.33. The Kier molecular flexibility index (Phi) is 6.64. The number of furan rings is 1. The minimum absolute atomic E-state index is 0.0436. The average molecular weight is 509 g/mol. The molecule has 0 spiro atoms. The number of amides is 1. The third kappa shape index (κ3) is 4.65. The smallest absolute Gasteiger partial charge is 0.416 e. The van der Waals surface area contributed by atoms with Gasteiger partial charge in [-0.1, -0.05) is 23.2 Å². The van der Waals surface area contributed by atoms with Gasteiger partial charge in [0, 0.05) is 0 Å². The lowest BCUT2D eigenvalue weighted by molar-refractivity contribution is -0.137. The summed E-state index contributed by atoms with van der Waals surface area (Å²) in [5.74, 6) is -1.54. The molecule has 0 saturated carbocycles. The number of carbonyl (C=O) groups excluding carboxylic acids is 1. The lowest BCUT2D eigenvalue weighted by Crippen LogP contribution is -2.42. The maximum absolute atomic E-state index is 13.0. The van der Waals surface area contributed by atoms with Crippen molar-refractivity contribution in [1.29, 1.82) is 5.41 Å². The van der Waals surface area contributed by atoms with Crippen LogP contribution in [0.25, 0.3) is 5.69 Å². The maximum atomic E-state index is 13.0. The first-order valence-electron chi connectivity index (χ1n) is 8.39. The van der Waals surface area contributed by atoms with Gasteiger partial charge < -0.3 is 14.7 Å². The first kappa shape index (κ1) is 23.8. The van der Waals surface area contributed by atoms with Gasteiger partial charge in [0.1, 0.15) is 11.9 Å². The molecule has 1 aromatic carbocycles. The largest absolute Gasteiger partial charge is 0.611 e. The number of aromatic nitrogens is 2. The highest BCUT2D eigenvalue weighted by Crippen LogP contribution is 2.39. The summed E-state index contributed by atoms with van der Waals surface area (Å²) in [6.45, 7) is 0. The number of carbonyl (C=O) groups is 1. The number of hydrazine groups is 1. The van der Waals surface area contributed by atoms with E-state index in [9.17, 15) is 22.5 Å². The van der Waals surface area contributed by atoms with Crippen LogP contribution < -0.4 is 16.6 Å². The zero-order valence-electron chi connectivity index (χ0n) is 15.9. The van der Waals surface area contributed by atoms with E-state index >= 15 is 0 Å². The zero-order valence-corrected chi connectivity index (χ0v) is 18.2. The number of rotatable bonds is 4. The molecule has 15 heteroatoms.